The zero-order valence-corrected chi connectivity index (χ0v) is 22.4. The van der Waals surface area contributed by atoms with Crippen molar-refractivity contribution in [3.8, 4) is 0 Å². The van der Waals surface area contributed by atoms with Crippen LogP contribution in [0.5, 0.6) is 0 Å². The molecule has 6 heteroatoms. The first-order valence-corrected chi connectivity index (χ1v) is 13.1. The predicted octanol–water partition coefficient (Wildman–Crippen LogP) is 7.15. The van der Waals surface area contributed by atoms with Gasteiger partial charge in [0.1, 0.15) is 5.82 Å². The highest BCUT2D eigenvalue weighted by molar-refractivity contribution is 5.94. The molecule has 5 nitrogen and oxygen atoms in total. The smallest absolute Gasteiger partial charge is 0.305 e. The van der Waals surface area contributed by atoms with Gasteiger partial charge in [0.15, 0.2) is 0 Å². The van der Waals surface area contributed by atoms with E-state index in [4.69, 9.17) is 5.11 Å². The molecule has 0 spiro atoms. The van der Waals surface area contributed by atoms with Crippen LogP contribution in [-0.4, -0.2) is 28.5 Å². The van der Waals surface area contributed by atoms with Crippen molar-refractivity contribution in [1.82, 2.24) is 10.3 Å². The molecule has 0 saturated heterocycles. The number of benzene rings is 3. The summed E-state index contributed by atoms with van der Waals surface area (Å²) in [6, 6.07) is 17.7. The van der Waals surface area contributed by atoms with E-state index < -0.39 is 5.97 Å². The number of fused-ring (bicyclic) bond motifs is 1. The summed E-state index contributed by atoms with van der Waals surface area (Å²) >= 11 is 0. The number of carbonyl (C=O) groups is 2. The topological polar surface area (TPSA) is 82.2 Å². The van der Waals surface area contributed by atoms with Crippen LogP contribution in [0.4, 0.5) is 4.39 Å². The molecule has 1 heterocycles. The number of aromatic nitrogens is 1. The number of aryl methyl sites for hydroxylation is 3. The SMILES string of the molecule is CCCC(c1ccc(C(=O)NCCC(=O)O)cc1)C(c1ccc(C)c(C)c1)c1c[nH]c2c(F)cc(C)cc12. The van der Waals surface area contributed by atoms with E-state index in [2.05, 4.69) is 49.3 Å². The predicted molar refractivity (Wildman–Crippen MR) is 149 cm³/mol. The van der Waals surface area contributed by atoms with Crippen molar-refractivity contribution in [2.24, 2.45) is 0 Å². The second-order valence-corrected chi connectivity index (χ2v) is 10.2. The van der Waals surface area contributed by atoms with Crippen LogP contribution in [0, 0.1) is 26.6 Å². The van der Waals surface area contributed by atoms with Crippen LogP contribution in [0.15, 0.2) is 60.8 Å². The van der Waals surface area contributed by atoms with E-state index >= 15 is 0 Å². The molecule has 1 amide bonds. The standard InChI is InChI=1S/C32H35FN2O3/c1-5-6-25(22-9-11-23(12-10-22)32(38)34-14-13-29(36)37)30(24-8-7-20(3)21(4)17-24)27-18-35-31-26(27)15-19(2)16-28(31)33/h7-12,15-18,25,30,35H,5-6,13-14H2,1-4H3,(H,34,38)(H,36,37). The van der Waals surface area contributed by atoms with Crippen LogP contribution in [0.2, 0.25) is 0 Å². The zero-order valence-electron chi connectivity index (χ0n) is 22.4. The van der Waals surface area contributed by atoms with Gasteiger partial charge in [-0.05, 0) is 90.8 Å². The number of hydrogen-bond donors (Lipinski definition) is 3. The molecular formula is C32H35FN2O3. The Morgan fingerprint density at radius 1 is 0.974 bits per heavy atom. The van der Waals surface area contributed by atoms with E-state index in [1.165, 1.54) is 16.7 Å². The number of nitrogens with one attached hydrogen (secondary N) is 2. The third-order valence-electron chi connectivity index (χ3n) is 7.37. The molecule has 2 atom stereocenters. The second kappa shape index (κ2) is 11.6. The van der Waals surface area contributed by atoms with Crippen LogP contribution in [-0.2, 0) is 4.79 Å². The van der Waals surface area contributed by atoms with Gasteiger partial charge in [-0.25, -0.2) is 4.39 Å². The highest BCUT2D eigenvalue weighted by atomic mass is 19.1. The second-order valence-electron chi connectivity index (χ2n) is 10.2. The first-order valence-electron chi connectivity index (χ1n) is 13.1. The van der Waals surface area contributed by atoms with Crippen LogP contribution < -0.4 is 5.32 Å². The molecule has 0 aliphatic heterocycles. The lowest BCUT2D eigenvalue weighted by molar-refractivity contribution is -0.136. The quantitative estimate of drug-likeness (QED) is 0.210. The molecule has 0 aliphatic carbocycles. The van der Waals surface area contributed by atoms with Crippen molar-refractivity contribution in [2.45, 2.75) is 58.8 Å². The van der Waals surface area contributed by atoms with Crippen molar-refractivity contribution in [1.29, 1.82) is 0 Å². The largest absolute Gasteiger partial charge is 0.481 e. The van der Waals surface area contributed by atoms with Gasteiger partial charge in [0.2, 0.25) is 0 Å². The molecule has 0 fully saturated rings. The Balaban J connectivity index is 1.78. The maximum Gasteiger partial charge on any atom is 0.305 e. The average molecular weight is 515 g/mol. The van der Waals surface area contributed by atoms with Gasteiger partial charge < -0.3 is 15.4 Å². The van der Waals surface area contributed by atoms with E-state index in [1.54, 1.807) is 18.2 Å². The summed E-state index contributed by atoms with van der Waals surface area (Å²) in [5, 5.41) is 12.4. The number of hydrogen-bond acceptors (Lipinski definition) is 2. The van der Waals surface area contributed by atoms with Crippen molar-refractivity contribution in [2.75, 3.05) is 6.54 Å². The fourth-order valence-electron chi connectivity index (χ4n) is 5.29. The summed E-state index contributed by atoms with van der Waals surface area (Å²) in [4.78, 5) is 26.5. The summed E-state index contributed by atoms with van der Waals surface area (Å²) in [7, 11) is 0. The monoisotopic (exact) mass is 514 g/mol. The van der Waals surface area contributed by atoms with E-state index in [9.17, 15) is 14.0 Å². The fourth-order valence-corrected chi connectivity index (χ4v) is 5.29. The Bertz CT molecular complexity index is 1460. The van der Waals surface area contributed by atoms with E-state index in [-0.39, 0.29) is 36.5 Å². The first kappa shape index (κ1) is 27.1. The number of aliphatic carboxylic acids is 1. The maximum atomic E-state index is 14.9. The first-order chi connectivity index (χ1) is 18.2. The zero-order chi connectivity index (χ0) is 27.4. The van der Waals surface area contributed by atoms with Gasteiger partial charge in [-0.15, -0.1) is 0 Å². The number of carboxylic acids is 1. The lowest BCUT2D eigenvalue weighted by Crippen LogP contribution is -2.26. The molecule has 4 aromatic rings. The molecule has 0 aliphatic rings. The van der Waals surface area contributed by atoms with Crippen LogP contribution in [0.3, 0.4) is 0 Å². The maximum absolute atomic E-state index is 14.9. The van der Waals surface area contributed by atoms with Gasteiger partial charge in [0.25, 0.3) is 5.91 Å². The number of carbonyl (C=O) groups excluding carboxylic acids is 1. The third-order valence-corrected chi connectivity index (χ3v) is 7.37. The molecule has 4 rings (SSSR count). The molecule has 0 bridgehead atoms. The minimum Gasteiger partial charge on any atom is -0.481 e. The van der Waals surface area contributed by atoms with Crippen molar-refractivity contribution >= 4 is 22.8 Å². The van der Waals surface area contributed by atoms with E-state index in [0.717, 1.165) is 34.9 Å². The molecule has 1 aromatic heterocycles. The minimum absolute atomic E-state index is 0.0283. The van der Waals surface area contributed by atoms with Gasteiger partial charge in [0, 0.05) is 29.6 Å². The van der Waals surface area contributed by atoms with Gasteiger partial charge in [0.05, 0.1) is 11.9 Å². The lowest BCUT2D eigenvalue weighted by Gasteiger charge is -2.29. The Morgan fingerprint density at radius 2 is 1.68 bits per heavy atom. The van der Waals surface area contributed by atoms with Crippen LogP contribution in [0.1, 0.15) is 81.8 Å². The molecule has 3 N–H and O–H groups in total. The number of aromatic amines is 1. The lowest BCUT2D eigenvalue weighted by atomic mass is 9.74. The summed E-state index contributed by atoms with van der Waals surface area (Å²) in [6.45, 7) is 8.37. The molecular weight excluding hydrogens is 479 g/mol. The van der Waals surface area contributed by atoms with Gasteiger partial charge in [-0.2, -0.15) is 0 Å². The van der Waals surface area contributed by atoms with Gasteiger partial charge in [-0.1, -0.05) is 43.7 Å². The Hall–Kier alpha value is -3.93. The fraction of sp³-hybridized carbons (Fsp3) is 0.312. The number of halogens is 1. The van der Waals surface area contributed by atoms with Crippen molar-refractivity contribution < 1.29 is 19.1 Å². The van der Waals surface area contributed by atoms with Gasteiger partial charge >= 0.3 is 5.97 Å². The van der Waals surface area contributed by atoms with E-state index in [0.29, 0.717) is 11.1 Å². The number of carboxylic acid groups (broad SMARTS) is 1. The highest BCUT2D eigenvalue weighted by Crippen LogP contribution is 2.44. The van der Waals surface area contributed by atoms with Gasteiger partial charge in [-0.3, -0.25) is 9.59 Å². The minimum atomic E-state index is -0.951. The summed E-state index contributed by atoms with van der Waals surface area (Å²) in [5.41, 5.74) is 7.63. The number of H-pyrrole nitrogens is 1. The molecule has 3 aromatic carbocycles. The number of rotatable bonds is 10. The molecule has 38 heavy (non-hydrogen) atoms. The van der Waals surface area contributed by atoms with Crippen molar-refractivity contribution in [3.05, 3.63) is 106 Å². The molecule has 2 unspecified atom stereocenters. The van der Waals surface area contributed by atoms with Crippen LogP contribution >= 0.6 is 0 Å². The average Bonchev–Trinajstić information content (AvgIpc) is 3.29. The third kappa shape index (κ3) is 5.80. The highest BCUT2D eigenvalue weighted by Gasteiger charge is 2.29. The summed E-state index contributed by atoms with van der Waals surface area (Å²) < 4.78 is 14.9. The normalized spacial score (nSPS) is 12.9. The molecule has 0 radical (unpaired) electrons. The Labute approximate surface area is 223 Å². The summed E-state index contributed by atoms with van der Waals surface area (Å²) in [5.74, 6) is -1.44. The van der Waals surface area contributed by atoms with Crippen LogP contribution in [0.25, 0.3) is 10.9 Å². The Morgan fingerprint density at radius 3 is 2.34 bits per heavy atom. The molecule has 198 valence electrons. The van der Waals surface area contributed by atoms with E-state index in [1.807, 2.05) is 31.3 Å². The summed E-state index contributed by atoms with van der Waals surface area (Å²) in [6.07, 6.45) is 3.69. The number of amides is 1. The molecule has 0 saturated carbocycles. The Kier molecular flexibility index (Phi) is 8.30. The van der Waals surface area contributed by atoms with Crippen molar-refractivity contribution in [3.63, 3.8) is 0 Å².